The molecule has 166 valence electrons. The number of rotatable bonds is 4. The molecule has 5 rings (SSSR count). The van der Waals surface area contributed by atoms with E-state index in [-0.39, 0.29) is 23.9 Å². The maximum atomic E-state index is 13.1. The van der Waals surface area contributed by atoms with E-state index < -0.39 is 5.91 Å². The number of anilines is 1. The summed E-state index contributed by atoms with van der Waals surface area (Å²) < 4.78 is 11.3. The highest BCUT2D eigenvalue weighted by Crippen LogP contribution is 2.34. The van der Waals surface area contributed by atoms with Crippen LogP contribution in [0, 0.1) is 13.8 Å². The zero-order valence-corrected chi connectivity index (χ0v) is 18.3. The summed E-state index contributed by atoms with van der Waals surface area (Å²) in [6.07, 6.45) is 0. The number of ether oxygens (including phenoxy) is 2. The Kier molecular flexibility index (Phi) is 5.09. The van der Waals surface area contributed by atoms with Gasteiger partial charge < -0.3 is 14.8 Å². The molecule has 3 amide bonds. The van der Waals surface area contributed by atoms with Crippen LogP contribution in [0.15, 0.2) is 54.6 Å². The average molecular weight is 442 g/mol. The lowest BCUT2D eigenvalue weighted by molar-refractivity contribution is 0.0923. The Hall–Kier alpha value is -4.13. The van der Waals surface area contributed by atoms with Gasteiger partial charge >= 0.3 is 0 Å². The van der Waals surface area contributed by atoms with E-state index in [2.05, 4.69) is 5.32 Å². The first-order valence-electron chi connectivity index (χ1n) is 10.7. The molecule has 3 aromatic carbocycles. The minimum Gasteiger partial charge on any atom is -0.486 e. The highest BCUT2D eigenvalue weighted by molar-refractivity contribution is 6.35. The fourth-order valence-corrected chi connectivity index (χ4v) is 4.11. The molecular weight excluding hydrogens is 420 g/mol. The van der Waals surface area contributed by atoms with Crippen molar-refractivity contribution in [1.82, 2.24) is 5.32 Å². The number of fused-ring (bicyclic) bond motifs is 2. The van der Waals surface area contributed by atoms with Gasteiger partial charge in [0.15, 0.2) is 11.5 Å². The molecule has 0 spiro atoms. The molecule has 0 saturated carbocycles. The van der Waals surface area contributed by atoms with Crippen LogP contribution in [-0.2, 0) is 6.54 Å². The number of benzene rings is 3. The van der Waals surface area contributed by atoms with Crippen molar-refractivity contribution in [2.75, 3.05) is 18.1 Å². The summed E-state index contributed by atoms with van der Waals surface area (Å²) in [7, 11) is 0. The second-order valence-corrected chi connectivity index (χ2v) is 8.12. The molecule has 7 heteroatoms. The van der Waals surface area contributed by atoms with Crippen molar-refractivity contribution in [3.8, 4) is 11.5 Å². The van der Waals surface area contributed by atoms with Crippen LogP contribution in [0.1, 0.15) is 47.8 Å². The Balaban J connectivity index is 1.37. The zero-order valence-electron chi connectivity index (χ0n) is 18.3. The quantitative estimate of drug-likeness (QED) is 0.621. The average Bonchev–Trinajstić information content (AvgIpc) is 3.08. The molecule has 0 bridgehead atoms. The van der Waals surface area contributed by atoms with E-state index in [1.807, 2.05) is 50.2 Å². The van der Waals surface area contributed by atoms with Crippen molar-refractivity contribution in [2.24, 2.45) is 0 Å². The van der Waals surface area contributed by atoms with Gasteiger partial charge in [-0.25, -0.2) is 4.90 Å². The van der Waals surface area contributed by atoms with E-state index >= 15 is 0 Å². The Labute approximate surface area is 190 Å². The number of aryl methyl sites for hydroxylation is 2. The maximum Gasteiger partial charge on any atom is 0.266 e. The van der Waals surface area contributed by atoms with Gasteiger partial charge in [-0.3, -0.25) is 14.4 Å². The van der Waals surface area contributed by atoms with Gasteiger partial charge in [0, 0.05) is 17.7 Å². The van der Waals surface area contributed by atoms with Crippen molar-refractivity contribution in [3.63, 3.8) is 0 Å². The van der Waals surface area contributed by atoms with E-state index in [0.29, 0.717) is 41.5 Å². The van der Waals surface area contributed by atoms with Crippen molar-refractivity contribution in [1.29, 1.82) is 0 Å². The Bertz CT molecular complexity index is 1310. The number of nitrogens with one attached hydrogen (secondary N) is 1. The highest BCUT2D eigenvalue weighted by Gasteiger charge is 2.37. The van der Waals surface area contributed by atoms with Crippen LogP contribution in [0.25, 0.3) is 0 Å². The first-order chi connectivity index (χ1) is 15.9. The fraction of sp³-hybridized carbons (Fsp3) is 0.192. The van der Waals surface area contributed by atoms with Crippen molar-refractivity contribution >= 4 is 23.4 Å². The number of nitrogens with zero attached hydrogens (tertiary/aromatic N) is 1. The van der Waals surface area contributed by atoms with Gasteiger partial charge in [0.05, 0.1) is 16.8 Å². The molecule has 0 fully saturated rings. The van der Waals surface area contributed by atoms with Crippen molar-refractivity contribution in [2.45, 2.75) is 20.4 Å². The highest BCUT2D eigenvalue weighted by atomic mass is 16.6. The van der Waals surface area contributed by atoms with Gasteiger partial charge in [0.2, 0.25) is 0 Å². The molecule has 0 saturated heterocycles. The molecule has 2 aliphatic heterocycles. The predicted molar refractivity (Wildman–Crippen MR) is 122 cm³/mol. The summed E-state index contributed by atoms with van der Waals surface area (Å²) in [6, 6.07) is 15.7. The normalized spacial score (nSPS) is 14.3. The summed E-state index contributed by atoms with van der Waals surface area (Å²) in [6.45, 7) is 4.95. The Morgan fingerprint density at radius 3 is 2.58 bits per heavy atom. The third kappa shape index (κ3) is 3.61. The summed E-state index contributed by atoms with van der Waals surface area (Å²) >= 11 is 0. The molecule has 33 heavy (non-hydrogen) atoms. The monoisotopic (exact) mass is 442 g/mol. The summed E-state index contributed by atoms with van der Waals surface area (Å²) in [5.41, 5.74) is 3.95. The molecule has 7 nitrogen and oxygen atoms in total. The first kappa shape index (κ1) is 20.8. The lowest BCUT2D eigenvalue weighted by Crippen LogP contribution is -2.30. The molecular formula is C26H22N2O5. The third-order valence-electron chi connectivity index (χ3n) is 5.84. The van der Waals surface area contributed by atoms with Gasteiger partial charge in [-0.1, -0.05) is 24.3 Å². The van der Waals surface area contributed by atoms with Crippen LogP contribution in [0.4, 0.5) is 5.69 Å². The minimum absolute atomic E-state index is 0.224. The molecule has 1 N–H and O–H groups in total. The van der Waals surface area contributed by atoms with Crippen LogP contribution in [0.2, 0.25) is 0 Å². The number of amides is 3. The molecule has 0 unspecified atom stereocenters. The van der Waals surface area contributed by atoms with Crippen molar-refractivity contribution in [3.05, 3.63) is 88.0 Å². The summed E-state index contributed by atoms with van der Waals surface area (Å²) in [5, 5.41) is 2.86. The summed E-state index contributed by atoms with van der Waals surface area (Å²) in [4.78, 5) is 40.1. The second kappa shape index (κ2) is 8.09. The standard InChI is InChI=1S/C26H22N2O5/c1-15-6-7-16(2)21(12-15)28-25(30)19-9-8-17(13-20(19)26(28)31)24(29)27-14-18-4-3-5-22-23(18)33-11-10-32-22/h3-9,12-13H,10-11,14H2,1-2H3,(H,27,29). The fourth-order valence-electron chi connectivity index (χ4n) is 4.11. The van der Waals surface area contributed by atoms with Crippen LogP contribution < -0.4 is 19.7 Å². The topological polar surface area (TPSA) is 84.9 Å². The van der Waals surface area contributed by atoms with E-state index in [4.69, 9.17) is 9.47 Å². The number of para-hydroxylation sites is 1. The number of hydrogen-bond acceptors (Lipinski definition) is 5. The Morgan fingerprint density at radius 2 is 1.73 bits per heavy atom. The molecule has 2 aliphatic rings. The van der Waals surface area contributed by atoms with Gasteiger partial charge in [-0.15, -0.1) is 0 Å². The minimum atomic E-state index is -0.430. The van der Waals surface area contributed by atoms with Gasteiger partial charge in [0.25, 0.3) is 17.7 Å². The molecule has 0 atom stereocenters. The molecule has 2 heterocycles. The van der Waals surface area contributed by atoms with Crippen LogP contribution in [-0.4, -0.2) is 30.9 Å². The van der Waals surface area contributed by atoms with Gasteiger partial charge in [-0.2, -0.15) is 0 Å². The number of imide groups is 1. The predicted octanol–water partition coefficient (Wildman–Crippen LogP) is 3.81. The van der Waals surface area contributed by atoms with E-state index in [1.54, 1.807) is 6.07 Å². The third-order valence-corrected chi connectivity index (χ3v) is 5.84. The lowest BCUT2D eigenvalue weighted by atomic mass is 10.1. The smallest absolute Gasteiger partial charge is 0.266 e. The second-order valence-electron chi connectivity index (χ2n) is 8.12. The van der Waals surface area contributed by atoms with E-state index in [9.17, 15) is 14.4 Å². The number of hydrogen-bond donors (Lipinski definition) is 1. The molecule has 0 aliphatic carbocycles. The largest absolute Gasteiger partial charge is 0.486 e. The van der Waals surface area contributed by atoms with Gasteiger partial charge in [0.1, 0.15) is 13.2 Å². The maximum absolute atomic E-state index is 13.1. The molecule has 3 aromatic rings. The number of carbonyl (C=O) groups excluding carboxylic acids is 3. The summed E-state index contributed by atoms with van der Waals surface area (Å²) in [5.74, 6) is 0.117. The van der Waals surface area contributed by atoms with Crippen molar-refractivity contribution < 1.29 is 23.9 Å². The lowest BCUT2D eigenvalue weighted by Gasteiger charge is -2.21. The number of carbonyl (C=O) groups is 3. The zero-order chi connectivity index (χ0) is 23.1. The van der Waals surface area contributed by atoms with Crippen LogP contribution in [0.3, 0.4) is 0 Å². The van der Waals surface area contributed by atoms with E-state index in [1.165, 1.54) is 17.0 Å². The van der Waals surface area contributed by atoms with Crippen LogP contribution in [0.5, 0.6) is 11.5 Å². The first-order valence-corrected chi connectivity index (χ1v) is 10.7. The van der Waals surface area contributed by atoms with E-state index in [0.717, 1.165) is 16.7 Å². The van der Waals surface area contributed by atoms with Crippen LogP contribution >= 0.6 is 0 Å². The molecule has 0 radical (unpaired) electrons. The molecule has 0 aromatic heterocycles. The Morgan fingerprint density at radius 1 is 0.939 bits per heavy atom. The SMILES string of the molecule is Cc1ccc(C)c(N2C(=O)c3ccc(C(=O)NCc4cccc5c4OCCO5)cc3C2=O)c1. The van der Waals surface area contributed by atoms with Gasteiger partial charge in [-0.05, 0) is 55.3 Å².